The Morgan fingerprint density at radius 3 is 2.54 bits per heavy atom. The molecule has 13 heavy (non-hydrogen) atoms. The van der Waals surface area contributed by atoms with Crippen molar-refractivity contribution in [3.63, 3.8) is 0 Å². The highest BCUT2D eigenvalue weighted by Crippen LogP contribution is 2.34. The fraction of sp³-hybridized carbons (Fsp3) is 0.556. The lowest BCUT2D eigenvalue weighted by Crippen LogP contribution is -2.09. The van der Waals surface area contributed by atoms with E-state index in [-0.39, 0.29) is 12.5 Å². The van der Waals surface area contributed by atoms with E-state index in [0.29, 0.717) is 11.5 Å². The van der Waals surface area contributed by atoms with Crippen LogP contribution in [-0.4, -0.2) is 18.8 Å². The van der Waals surface area contributed by atoms with E-state index in [2.05, 4.69) is 0 Å². The topological polar surface area (TPSA) is 81.5 Å². The number of ether oxygens (including phenoxy) is 1. The van der Waals surface area contributed by atoms with E-state index in [1.165, 1.54) is 7.11 Å². The van der Waals surface area contributed by atoms with Crippen molar-refractivity contribution in [2.45, 2.75) is 12.8 Å². The lowest BCUT2D eigenvalue weighted by atomic mass is 10.2. The second-order valence-electron chi connectivity index (χ2n) is 3.17. The van der Waals surface area contributed by atoms with E-state index in [0.717, 1.165) is 18.5 Å². The summed E-state index contributed by atoms with van der Waals surface area (Å²) in [6.45, 7) is -0.146. The summed E-state index contributed by atoms with van der Waals surface area (Å²) in [5.74, 6) is 0.706. The van der Waals surface area contributed by atoms with Gasteiger partial charge in [-0.1, -0.05) is 0 Å². The van der Waals surface area contributed by atoms with E-state index in [1.807, 2.05) is 0 Å². The molecule has 4 nitrogen and oxygen atoms in total. The summed E-state index contributed by atoms with van der Waals surface area (Å²) in [6, 6.07) is 0. The zero-order chi connectivity index (χ0) is 9.84. The monoisotopic (exact) mass is 184 g/mol. The average molecular weight is 184 g/mol. The van der Waals surface area contributed by atoms with Gasteiger partial charge in [0.25, 0.3) is 0 Å². The van der Waals surface area contributed by atoms with Crippen LogP contribution in [0.3, 0.4) is 0 Å². The van der Waals surface area contributed by atoms with Crippen LogP contribution < -0.4 is 11.5 Å². The molecule has 0 unspecified atom stereocenters. The molecular formula is C9H16N2O2. The van der Waals surface area contributed by atoms with E-state index in [4.69, 9.17) is 21.3 Å². The summed E-state index contributed by atoms with van der Waals surface area (Å²) in [6.07, 6.45) is 3.97. The Morgan fingerprint density at radius 1 is 1.54 bits per heavy atom. The van der Waals surface area contributed by atoms with E-state index in [9.17, 15) is 0 Å². The highest BCUT2D eigenvalue weighted by molar-refractivity contribution is 5.27. The number of hydrogen-bond acceptors (Lipinski definition) is 4. The Kier molecular flexibility index (Phi) is 3.19. The molecule has 4 heteroatoms. The zero-order valence-corrected chi connectivity index (χ0v) is 7.79. The van der Waals surface area contributed by atoms with Gasteiger partial charge in [0.05, 0.1) is 13.7 Å². The van der Waals surface area contributed by atoms with E-state index >= 15 is 0 Å². The van der Waals surface area contributed by atoms with Crippen LogP contribution in [0.15, 0.2) is 23.2 Å². The molecule has 0 aromatic rings. The highest BCUT2D eigenvalue weighted by Gasteiger charge is 2.24. The van der Waals surface area contributed by atoms with E-state index in [1.54, 1.807) is 6.08 Å². The number of aliphatic hydroxyl groups is 1. The fourth-order valence-electron chi connectivity index (χ4n) is 1.06. The summed E-state index contributed by atoms with van der Waals surface area (Å²) in [7, 11) is 1.46. The van der Waals surface area contributed by atoms with Gasteiger partial charge in [-0.25, -0.2) is 0 Å². The molecule has 74 valence electrons. The molecule has 0 atom stereocenters. The van der Waals surface area contributed by atoms with Gasteiger partial charge in [-0.05, 0) is 24.8 Å². The number of nitrogens with two attached hydrogens (primary N) is 2. The largest absolute Gasteiger partial charge is 0.482 e. The Labute approximate surface area is 77.9 Å². The van der Waals surface area contributed by atoms with Crippen molar-refractivity contribution in [3.05, 3.63) is 23.2 Å². The normalized spacial score (nSPS) is 19.7. The smallest absolute Gasteiger partial charge is 0.189 e. The summed E-state index contributed by atoms with van der Waals surface area (Å²) in [5.41, 5.74) is 12.6. The third kappa shape index (κ3) is 2.66. The molecule has 0 spiro atoms. The van der Waals surface area contributed by atoms with Gasteiger partial charge in [0, 0.05) is 11.3 Å². The van der Waals surface area contributed by atoms with E-state index < -0.39 is 0 Å². The van der Waals surface area contributed by atoms with Crippen LogP contribution in [0.5, 0.6) is 0 Å². The summed E-state index contributed by atoms with van der Waals surface area (Å²) in [5, 5.41) is 8.96. The van der Waals surface area contributed by atoms with Crippen molar-refractivity contribution >= 4 is 0 Å². The Morgan fingerprint density at radius 2 is 2.15 bits per heavy atom. The maximum Gasteiger partial charge on any atom is 0.189 e. The molecule has 1 aliphatic rings. The molecule has 1 aliphatic carbocycles. The van der Waals surface area contributed by atoms with Gasteiger partial charge in [-0.3, -0.25) is 0 Å². The van der Waals surface area contributed by atoms with Crippen molar-refractivity contribution < 1.29 is 9.84 Å². The van der Waals surface area contributed by atoms with Crippen molar-refractivity contribution in [3.8, 4) is 0 Å². The van der Waals surface area contributed by atoms with Gasteiger partial charge in [-0.15, -0.1) is 0 Å². The molecule has 5 N–H and O–H groups in total. The third-order valence-corrected chi connectivity index (χ3v) is 2.10. The van der Waals surface area contributed by atoms with Crippen LogP contribution in [0.4, 0.5) is 0 Å². The number of methoxy groups -OCH3 is 1. The van der Waals surface area contributed by atoms with Crippen LogP contribution in [0.25, 0.3) is 0 Å². The predicted molar refractivity (Wildman–Crippen MR) is 50.3 cm³/mol. The van der Waals surface area contributed by atoms with Crippen LogP contribution >= 0.6 is 0 Å². The van der Waals surface area contributed by atoms with Gasteiger partial charge in [-0.2, -0.15) is 0 Å². The second-order valence-corrected chi connectivity index (χ2v) is 3.17. The number of hydrogen-bond donors (Lipinski definition) is 3. The molecule has 0 heterocycles. The molecule has 1 saturated carbocycles. The fourth-order valence-corrected chi connectivity index (χ4v) is 1.06. The minimum Gasteiger partial charge on any atom is -0.482 e. The van der Waals surface area contributed by atoms with Gasteiger partial charge in [0.1, 0.15) is 0 Å². The number of allylic oxidation sites excluding steroid dienone is 1. The molecule has 0 aromatic heterocycles. The maximum absolute atomic E-state index is 8.96. The van der Waals surface area contributed by atoms with Crippen LogP contribution in [-0.2, 0) is 4.74 Å². The molecule has 0 aromatic carbocycles. The van der Waals surface area contributed by atoms with Crippen molar-refractivity contribution in [2.24, 2.45) is 17.4 Å². The lowest BCUT2D eigenvalue weighted by Gasteiger charge is -2.05. The lowest BCUT2D eigenvalue weighted by molar-refractivity contribution is 0.267. The minimum atomic E-state index is -0.146. The number of aliphatic hydroxyl groups excluding tert-OH is 1. The Balaban J connectivity index is 2.71. The second kappa shape index (κ2) is 4.18. The molecule has 0 radical (unpaired) electrons. The quantitative estimate of drug-likeness (QED) is 0.426. The zero-order valence-electron chi connectivity index (χ0n) is 7.79. The molecule has 0 bridgehead atoms. The van der Waals surface area contributed by atoms with Gasteiger partial charge < -0.3 is 21.3 Å². The minimum absolute atomic E-state index is 0.146. The molecule has 1 fully saturated rings. The standard InChI is InChI=1S/C9H16N2O2/c1-13-9(11)7(5-12)4-8(10)6-2-3-6/h4,6,12H,2-3,5,10-11H2,1H3/b8-4-,9-7-. The van der Waals surface area contributed by atoms with Gasteiger partial charge in [0.2, 0.25) is 0 Å². The third-order valence-electron chi connectivity index (χ3n) is 2.10. The first-order valence-corrected chi connectivity index (χ1v) is 4.29. The molecule has 0 amide bonds. The average Bonchev–Trinajstić information content (AvgIpc) is 2.95. The first-order valence-electron chi connectivity index (χ1n) is 4.29. The van der Waals surface area contributed by atoms with Crippen molar-refractivity contribution in [1.82, 2.24) is 0 Å². The molecular weight excluding hydrogens is 168 g/mol. The van der Waals surface area contributed by atoms with Crippen LogP contribution in [0, 0.1) is 5.92 Å². The van der Waals surface area contributed by atoms with Crippen molar-refractivity contribution in [2.75, 3.05) is 13.7 Å². The molecule has 0 saturated heterocycles. The molecule has 0 aliphatic heterocycles. The molecule has 1 rings (SSSR count). The SMILES string of the molecule is CO/C(N)=C(/C=C(\N)C1CC1)CO. The predicted octanol–water partition coefficient (Wildman–Crippen LogP) is 0.0480. The summed E-state index contributed by atoms with van der Waals surface area (Å²) < 4.78 is 4.80. The van der Waals surface area contributed by atoms with Crippen molar-refractivity contribution in [1.29, 1.82) is 0 Å². The first-order chi connectivity index (χ1) is 6.19. The van der Waals surface area contributed by atoms with Gasteiger partial charge >= 0.3 is 0 Å². The highest BCUT2D eigenvalue weighted by atomic mass is 16.5. The summed E-state index contributed by atoms with van der Waals surface area (Å²) in [4.78, 5) is 0. The Bertz CT molecular complexity index is 242. The first kappa shape index (κ1) is 9.92. The summed E-state index contributed by atoms with van der Waals surface area (Å²) >= 11 is 0. The van der Waals surface area contributed by atoms with Crippen LogP contribution in [0.1, 0.15) is 12.8 Å². The number of rotatable bonds is 4. The van der Waals surface area contributed by atoms with Gasteiger partial charge in [0.15, 0.2) is 5.88 Å². The van der Waals surface area contributed by atoms with Crippen LogP contribution in [0.2, 0.25) is 0 Å². The maximum atomic E-state index is 8.96. The Hall–Kier alpha value is -1.16.